The van der Waals surface area contributed by atoms with E-state index in [2.05, 4.69) is 20.6 Å². The second kappa shape index (κ2) is 14.3. The molecule has 0 saturated heterocycles. The molecule has 10 nitrogen and oxygen atoms in total. The molecule has 4 N–H and O–H groups in total. The summed E-state index contributed by atoms with van der Waals surface area (Å²) in [5.74, 6) is -0.0607. The number of nitrogens with one attached hydrogen (secondary N) is 2. The number of aromatic carboxylic acids is 2. The molecule has 0 fully saturated rings. The average Bonchev–Trinajstić information content (AvgIpc) is 3.58. The van der Waals surface area contributed by atoms with Gasteiger partial charge in [0, 0.05) is 24.2 Å². The number of aliphatic imine (C=N–C) groups is 2. The van der Waals surface area contributed by atoms with Crippen molar-refractivity contribution >= 4 is 48.4 Å². The Labute approximate surface area is 227 Å². The van der Waals surface area contributed by atoms with Crippen LogP contribution in [0.25, 0.3) is 0 Å². The van der Waals surface area contributed by atoms with Gasteiger partial charge in [-0.3, -0.25) is 9.98 Å². The molecule has 0 amide bonds. The van der Waals surface area contributed by atoms with Crippen molar-refractivity contribution < 1.29 is 29.3 Å². The summed E-state index contributed by atoms with van der Waals surface area (Å²) in [7, 11) is 0. The van der Waals surface area contributed by atoms with Crippen molar-refractivity contribution in [2.75, 3.05) is 39.4 Å². The van der Waals surface area contributed by atoms with Gasteiger partial charge in [-0.05, 0) is 55.7 Å². The largest absolute Gasteiger partial charge is 0.493 e. The van der Waals surface area contributed by atoms with Gasteiger partial charge in [-0.25, -0.2) is 9.59 Å². The molecule has 0 atom stereocenters. The van der Waals surface area contributed by atoms with Crippen molar-refractivity contribution in [1.29, 1.82) is 0 Å². The first-order valence-corrected chi connectivity index (χ1v) is 11.6. The van der Waals surface area contributed by atoms with E-state index in [0.29, 0.717) is 62.3 Å². The Kier molecular flexibility index (Phi) is 11.5. The zero-order chi connectivity index (χ0) is 24.6. The van der Waals surface area contributed by atoms with Gasteiger partial charge in [0.25, 0.3) is 0 Å². The molecule has 0 aliphatic carbocycles. The normalized spacial score (nSPS) is 13.7. The highest BCUT2D eigenvalue weighted by Crippen LogP contribution is 2.23. The van der Waals surface area contributed by atoms with Crippen LogP contribution in [0.5, 0.6) is 11.5 Å². The summed E-state index contributed by atoms with van der Waals surface area (Å²) in [5.41, 5.74) is 1.66. The van der Waals surface area contributed by atoms with E-state index in [-0.39, 0.29) is 35.9 Å². The maximum atomic E-state index is 11.7. The molecule has 4 rings (SSSR count). The fraction of sp³-hybridized carbons (Fsp3) is 0.360. The van der Waals surface area contributed by atoms with Crippen molar-refractivity contribution in [1.82, 2.24) is 10.6 Å². The molecule has 0 radical (unpaired) electrons. The summed E-state index contributed by atoms with van der Waals surface area (Å²) in [4.78, 5) is 32.0. The lowest BCUT2D eigenvalue weighted by Gasteiger charge is -2.12. The number of benzene rings is 2. The van der Waals surface area contributed by atoms with Gasteiger partial charge in [0.2, 0.25) is 0 Å². The molecular formula is C25H30Cl2N4O6. The van der Waals surface area contributed by atoms with E-state index in [9.17, 15) is 19.8 Å². The maximum Gasteiger partial charge on any atom is 0.339 e. The maximum absolute atomic E-state index is 11.7. The molecule has 0 aromatic heterocycles. The number of unbranched alkanes of at least 4 members (excludes halogenated alkanes) is 2. The third kappa shape index (κ3) is 7.74. The molecule has 0 saturated carbocycles. The number of amidine groups is 2. The SMILES string of the molecule is Cl.Cl.O=C(O)c1cc(C2=NCCN2)ccc1OCCCCCOc1ccc(C2=NCCN2)cc1C(=O)O. The predicted molar refractivity (Wildman–Crippen MR) is 145 cm³/mol. The van der Waals surface area contributed by atoms with Crippen molar-refractivity contribution in [3.8, 4) is 11.5 Å². The number of carboxylic acids is 2. The average molecular weight is 553 g/mol. The summed E-state index contributed by atoms with van der Waals surface area (Å²) in [5, 5.41) is 25.4. The predicted octanol–water partition coefficient (Wildman–Crippen LogP) is 3.25. The molecule has 2 aromatic carbocycles. The Bertz CT molecular complexity index is 1080. The van der Waals surface area contributed by atoms with Crippen LogP contribution in [0.3, 0.4) is 0 Å². The Morgan fingerprint density at radius 1 is 0.730 bits per heavy atom. The van der Waals surface area contributed by atoms with Gasteiger partial charge in [-0.15, -0.1) is 24.8 Å². The first-order valence-electron chi connectivity index (χ1n) is 11.6. The van der Waals surface area contributed by atoms with Gasteiger partial charge in [-0.1, -0.05) is 0 Å². The third-order valence-corrected chi connectivity index (χ3v) is 5.62. The highest BCUT2D eigenvalue weighted by atomic mass is 35.5. The number of rotatable bonds is 12. The van der Waals surface area contributed by atoms with Gasteiger partial charge < -0.3 is 30.3 Å². The Morgan fingerprint density at radius 3 is 1.51 bits per heavy atom. The van der Waals surface area contributed by atoms with Crippen LogP contribution in [-0.4, -0.2) is 73.2 Å². The van der Waals surface area contributed by atoms with Crippen LogP contribution >= 0.6 is 24.8 Å². The minimum Gasteiger partial charge on any atom is -0.493 e. The Morgan fingerprint density at radius 2 is 1.16 bits per heavy atom. The lowest BCUT2D eigenvalue weighted by Crippen LogP contribution is -2.20. The van der Waals surface area contributed by atoms with E-state index in [0.717, 1.165) is 30.6 Å². The van der Waals surface area contributed by atoms with Gasteiger partial charge in [0.05, 0.1) is 26.3 Å². The fourth-order valence-electron chi connectivity index (χ4n) is 3.87. The van der Waals surface area contributed by atoms with Gasteiger partial charge >= 0.3 is 11.9 Å². The number of carbonyl (C=O) groups is 2. The molecule has 0 spiro atoms. The Balaban J connectivity index is 0.00000241. The molecule has 12 heteroatoms. The molecular weight excluding hydrogens is 523 g/mol. The highest BCUT2D eigenvalue weighted by molar-refractivity contribution is 6.03. The lowest BCUT2D eigenvalue weighted by molar-refractivity contribution is 0.0681. The van der Waals surface area contributed by atoms with Crippen LogP contribution in [0.4, 0.5) is 0 Å². The molecule has 2 aromatic rings. The van der Waals surface area contributed by atoms with Crippen LogP contribution in [0.15, 0.2) is 46.4 Å². The molecule has 37 heavy (non-hydrogen) atoms. The summed E-state index contributed by atoms with van der Waals surface area (Å²) >= 11 is 0. The van der Waals surface area contributed by atoms with E-state index in [1.807, 2.05) is 0 Å². The van der Waals surface area contributed by atoms with Crippen LogP contribution in [0.2, 0.25) is 0 Å². The third-order valence-electron chi connectivity index (χ3n) is 5.62. The van der Waals surface area contributed by atoms with Crippen LogP contribution in [-0.2, 0) is 0 Å². The van der Waals surface area contributed by atoms with Crippen LogP contribution < -0.4 is 20.1 Å². The number of carboxylic acid groups (broad SMARTS) is 2. The summed E-state index contributed by atoms with van der Waals surface area (Å²) in [6, 6.07) is 10.1. The van der Waals surface area contributed by atoms with E-state index in [4.69, 9.17) is 9.47 Å². The molecule has 0 bridgehead atoms. The standard InChI is InChI=1S/C25H28N4O6.2ClH/c30-24(31)18-14-16(22-26-8-9-27-22)4-6-20(18)34-12-2-1-3-13-35-21-7-5-17(15-19(21)25(32)33)23-28-10-11-29-23;;/h4-7,14-15H,1-3,8-13H2,(H,26,27)(H,28,29)(H,30,31)(H,32,33);2*1H. The molecule has 200 valence electrons. The summed E-state index contributed by atoms with van der Waals surface area (Å²) in [6.45, 7) is 3.57. The van der Waals surface area contributed by atoms with E-state index < -0.39 is 11.9 Å². The van der Waals surface area contributed by atoms with E-state index >= 15 is 0 Å². The molecule has 2 aliphatic rings. The van der Waals surface area contributed by atoms with Crippen LogP contribution in [0.1, 0.15) is 51.1 Å². The monoisotopic (exact) mass is 552 g/mol. The smallest absolute Gasteiger partial charge is 0.339 e. The summed E-state index contributed by atoms with van der Waals surface area (Å²) < 4.78 is 11.4. The lowest BCUT2D eigenvalue weighted by atomic mass is 10.1. The molecule has 0 unspecified atom stereocenters. The quantitative estimate of drug-likeness (QED) is 0.294. The van der Waals surface area contributed by atoms with Crippen molar-refractivity contribution in [3.63, 3.8) is 0 Å². The van der Waals surface area contributed by atoms with Gasteiger partial charge in [-0.2, -0.15) is 0 Å². The van der Waals surface area contributed by atoms with Crippen molar-refractivity contribution in [3.05, 3.63) is 58.7 Å². The highest BCUT2D eigenvalue weighted by Gasteiger charge is 2.17. The number of halogens is 2. The topological polar surface area (TPSA) is 142 Å². The minimum atomic E-state index is -1.05. The van der Waals surface area contributed by atoms with Crippen LogP contribution in [0, 0.1) is 0 Å². The van der Waals surface area contributed by atoms with E-state index in [1.165, 1.54) is 0 Å². The second-order valence-electron chi connectivity index (χ2n) is 8.10. The molecule has 2 aliphatic heterocycles. The zero-order valence-electron chi connectivity index (χ0n) is 20.1. The van der Waals surface area contributed by atoms with Crippen molar-refractivity contribution in [2.24, 2.45) is 9.98 Å². The second-order valence-corrected chi connectivity index (χ2v) is 8.10. The Hall–Kier alpha value is -3.50. The fourth-order valence-corrected chi connectivity index (χ4v) is 3.87. The van der Waals surface area contributed by atoms with Gasteiger partial charge in [0.15, 0.2) is 0 Å². The number of hydrogen-bond donors (Lipinski definition) is 4. The zero-order valence-corrected chi connectivity index (χ0v) is 21.7. The van der Waals surface area contributed by atoms with E-state index in [1.54, 1.807) is 36.4 Å². The van der Waals surface area contributed by atoms with Gasteiger partial charge in [0.1, 0.15) is 34.3 Å². The molecule has 2 heterocycles. The number of hydrogen-bond acceptors (Lipinski definition) is 8. The minimum absolute atomic E-state index is 0. The number of ether oxygens (including phenoxy) is 2. The van der Waals surface area contributed by atoms with Crippen molar-refractivity contribution in [2.45, 2.75) is 19.3 Å². The first-order chi connectivity index (χ1) is 17.0. The summed E-state index contributed by atoms with van der Waals surface area (Å²) in [6.07, 6.45) is 2.19. The number of nitrogens with zero attached hydrogens (tertiary/aromatic N) is 2. The first kappa shape index (κ1) is 29.7.